The molecule has 0 aliphatic heterocycles. The molecular formula is C22H23N3O2S. The lowest BCUT2D eigenvalue weighted by atomic mass is 10.1. The molecule has 1 heterocycles. The van der Waals surface area contributed by atoms with E-state index in [0.717, 1.165) is 27.9 Å². The van der Waals surface area contributed by atoms with Gasteiger partial charge in [-0.25, -0.2) is 4.98 Å². The summed E-state index contributed by atoms with van der Waals surface area (Å²) in [5.74, 6) is -0.397. The molecule has 3 rings (SSSR count). The fraction of sp³-hybridized carbons (Fsp3) is 0.227. The molecule has 2 amide bonds. The number of carbonyl (C=O) groups excluding carboxylic acids is 2. The van der Waals surface area contributed by atoms with E-state index < -0.39 is 0 Å². The van der Waals surface area contributed by atoms with Crippen LogP contribution in [0, 0.1) is 20.8 Å². The first kappa shape index (κ1) is 19.8. The Morgan fingerprint density at radius 1 is 1.00 bits per heavy atom. The van der Waals surface area contributed by atoms with Gasteiger partial charge in [0.05, 0.1) is 0 Å². The number of rotatable bonds is 6. The highest BCUT2D eigenvalue weighted by molar-refractivity contribution is 7.14. The second kappa shape index (κ2) is 8.80. The molecule has 0 aliphatic rings. The molecule has 0 spiro atoms. The van der Waals surface area contributed by atoms with Crippen LogP contribution in [0.15, 0.2) is 47.8 Å². The Labute approximate surface area is 168 Å². The molecule has 144 valence electrons. The van der Waals surface area contributed by atoms with E-state index in [1.54, 1.807) is 5.38 Å². The molecule has 0 radical (unpaired) electrons. The number of carbonyl (C=O) groups is 2. The second-order valence-electron chi connectivity index (χ2n) is 6.80. The van der Waals surface area contributed by atoms with E-state index in [0.29, 0.717) is 23.7 Å². The summed E-state index contributed by atoms with van der Waals surface area (Å²) in [5, 5.41) is 7.78. The van der Waals surface area contributed by atoms with Gasteiger partial charge in [-0.2, -0.15) is 0 Å². The highest BCUT2D eigenvalue weighted by atomic mass is 32.1. The molecule has 0 fully saturated rings. The van der Waals surface area contributed by atoms with Crippen LogP contribution in [0.3, 0.4) is 0 Å². The lowest BCUT2D eigenvalue weighted by Crippen LogP contribution is -2.15. The fourth-order valence-corrected chi connectivity index (χ4v) is 3.78. The van der Waals surface area contributed by atoms with Crippen LogP contribution in [0.25, 0.3) is 0 Å². The van der Waals surface area contributed by atoms with Crippen molar-refractivity contribution in [3.05, 3.63) is 75.8 Å². The second-order valence-corrected chi connectivity index (χ2v) is 7.66. The summed E-state index contributed by atoms with van der Waals surface area (Å²) in [5.41, 5.74) is 5.38. The van der Waals surface area contributed by atoms with Crippen LogP contribution in [0.1, 0.15) is 39.2 Å². The van der Waals surface area contributed by atoms with Gasteiger partial charge in [0.2, 0.25) is 5.91 Å². The molecule has 0 saturated carbocycles. The third kappa shape index (κ3) is 5.04. The fourth-order valence-electron chi connectivity index (χ4n) is 3.07. The maximum Gasteiger partial charge on any atom is 0.275 e. The number of thiazole rings is 1. The summed E-state index contributed by atoms with van der Waals surface area (Å²) in [6, 6.07) is 13.9. The summed E-state index contributed by atoms with van der Waals surface area (Å²) in [7, 11) is 0. The SMILES string of the molecule is Cc1cc(C)c(NC(=O)c2csc(NC(=O)CCc3ccccc3)n2)c(C)c1. The van der Waals surface area contributed by atoms with Crippen molar-refractivity contribution < 1.29 is 9.59 Å². The predicted molar refractivity (Wildman–Crippen MR) is 114 cm³/mol. The molecule has 0 unspecified atom stereocenters. The standard InChI is InChI=1S/C22H23N3O2S/c1-14-11-15(2)20(16(3)12-14)25-21(27)18-13-28-22(23-18)24-19(26)10-9-17-7-5-4-6-8-17/h4-8,11-13H,9-10H2,1-3H3,(H,25,27)(H,23,24,26). The van der Waals surface area contributed by atoms with E-state index in [1.165, 1.54) is 11.3 Å². The smallest absolute Gasteiger partial charge is 0.275 e. The van der Waals surface area contributed by atoms with Gasteiger partial charge < -0.3 is 10.6 Å². The van der Waals surface area contributed by atoms with Gasteiger partial charge in [-0.15, -0.1) is 11.3 Å². The Hall–Kier alpha value is -2.99. The minimum absolute atomic E-state index is 0.115. The van der Waals surface area contributed by atoms with Crippen LogP contribution in [0.4, 0.5) is 10.8 Å². The molecule has 2 N–H and O–H groups in total. The van der Waals surface area contributed by atoms with Crippen molar-refractivity contribution in [1.29, 1.82) is 0 Å². The minimum Gasteiger partial charge on any atom is -0.320 e. The summed E-state index contributed by atoms with van der Waals surface area (Å²) in [6.07, 6.45) is 1.03. The van der Waals surface area contributed by atoms with Crippen molar-refractivity contribution in [2.24, 2.45) is 0 Å². The van der Waals surface area contributed by atoms with E-state index in [-0.39, 0.29) is 11.8 Å². The first-order valence-electron chi connectivity index (χ1n) is 9.11. The average molecular weight is 394 g/mol. The highest BCUT2D eigenvalue weighted by Crippen LogP contribution is 2.23. The lowest BCUT2D eigenvalue weighted by Gasteiger charge is -2.11. The van der Waals surface area contributed by atoms with Gasteiger partial charge in [0.25, 0.3) is 5.91 Å². The molecule has 0 aliphatic carbocycles. The van der Waals surface area contributed by atoms with Gasteiger partial charge >= 0.3 is 0 Å². The Kier molecular flexibility index (Phi) is 6.21. The number of nitrogens with one attached hydrogen (secondary N) is 2. The van der Waals surface area contributed by atoms with Crippen LogP contribution >= 0.6 is 11.3 Å². The van der Waals surface area contributed by atoms with Gasteiger partial charge in [-0.3, -0.25) is 9.59 Å². The Morgan fingerprint density at radius 2 is 1.68 bits per heavy atom. The molecule has 1 aromatic heterocycles. The van der Waals surface area contributed by atoms with Crippen LogP contribution in [-0.4, -0.2) is 16.8 Å². The Morgan fingerprint density at radius 3 is 2.36 bits per heavy atom. The van der Waals surface area contributed by atoms with Crippen LogP contribution < -0.4 is 10.6 Å². The molecule has 0 atom stereocenters. The largest absolute Gasteiger partial charge is 0.320 e. The van der Waals surface area contributed by atoms with Crippen molar-refractivity contribution in [2.45, 2.75) is 33.6 Å². The first-order valence-corrected chi connectivity index (χ1v) is 9.99. The maximum absolute atomic E-state index is 12.5. The third-order valence-corrected chi connectivity index (χ3v) is 5.14. The van der Waals surface area contributed by atoms with Crippen molar-refractivity contribution >= 4 is 34.0 Å². The maximum atomic E-state index is 12.5. The van der Waals surface area contributed by atoms with E-state index >= 15 is 0 Å². The average Bonchev–Trinajstić information content (AvgIpc) is 3.12. The number of aryl methyl sites for hydroxylation is 4. The van der Waals surface area contributed by atoms with Crippen molar-refractivity contribution in [2.75, 3.05) is 10.6 Å². The zero-order chi connectivity index (χ0) is 20.1. The molecule has 2 aromatic carbocycles. The summed E-state index contributed by atoms with van der Waals surface area (Å²) >= 11 is 1.25. The summed E-state index contributed by atoms with van der Waals surface area (Å²) in [4.78, 5) is 28.9. The molecule has 5 nitrogen and oxygen atoms in total. The Balaban J connectivity index is 1.59. The number of benzene rings is 2. The lowest BCUT2D eigenvalue weighted by molar-refractivity contribution is -0.116. The molecule has 0 saturated heterocycles. The van der Waals surface area contributed by atoms with Crippen LogP contribution in [0.5, 0.6) is 0 Å². The molecule has 6 heteroatoms. The van der Waals surface area contributed by atoms with Crippen molar-refractivity contribution in [3.8, 4) is 0 Å². The number of anilines is 2. The topological polar surface area (TPSA) is 71.1 Å². The monoisotopic (exact) mass is 393 g/mol. The third-order valence-electron chi connectivity index (χ3n) is 4.38. The van der Waals surface area contributed by atoms with Gasteiger partial charge in [-0.05, 0) is 43.9 Å². The zero-order valence-electron chi connectivity index (χ0n) is 16.2. The molecule has 0 bridgehead atoms. The van der Waals surface area contributed by atoms with Crippen molar-refractivity contribution in [1.82, 2.24) is 4.98 Å². The Bertz CT molecular complexity index is 973. The molecular weight excluding hydrogens is 370 g/mol. The molecule has 3 aromatic rings. The quantitative estimate of drug-likeness (QED) is 0.626. The highest BCUT2D eigenvalue weighted by Gasteiger charge is 2.15. The summed E-state index contributed by atoms with van der Waals surface area (Å²) < 4.78 is 0. The summed E-state index contributed by atoms with van der Waals surface area (Å²) in [6.45, 7) is 5.96. The van der Waals surface area contributed by atoms with Crippen LogP contribution in [-0.2, 0) is 11.2 Å². The van der Waals surface area contributed by atoms with E-state index in [1.807, 2.05) is 63.2 Å². The van der Waals surface area contributed by atoms with E-state index in [2.05, 4.69) is 15.6 Å². The number of amides is 2. The molecule has 28 heavy (non-hydrogen) atoms. The van der Waals surface area contributed by atoms with Gasteiger partial charge in [0.1, 0.15) is 5.69 Å². The van der Waals surface area contributed by atoms with Gasteiger partial charge in [0, 0.05) is 17.5 Å². The number of nitrogens with zero attached hydrogens (tertiary/aromatic N) is 1. The normalized spacial score (nSPS) is 10.5. The van der Waals surface area contributed by atoms with E-state index in [4.69, 9.17) is 0 Å². The van der Waals surface area contributed by atoms with Gasteiger partial charge in [-0.1, -0.05) is 48.0 Å². The zero-order valence-corrected chi connectivity index (χ0v) is 17.0. The van der Waals surface area contributed by atoms with Gasteiger partial charge in [0.15, 0.2) is 5.13 Å². The number of hydrogen-bond acceptors (Lipinski definition) is 4. The van der Waals surface area contributed by atoms with E-state index in [9.17, 15) is 9.59 Å². The predicted octanol–water partition coefficient (Wildman–Crippen LogP) is 4.89. The van der Waals surface area contributed by atoms with Crippen LogP contribution in [0.2, 0.25) is 0 Å². The number of aromatic nitrogens is 1. The minimum atomic E-state index is -0.281. The number of hydrogen-bond donors (Lipinski definition) is 2. The van der Waals surface area contributed by atoms with Crippen molar-refractivity contribution in [3.63, 3.8) is 0 Å². The first-order chi connectivity index (χ1) is 13.4.